The van der Waals surface area contributed by atoms with Crippen LogP contribution in [0.15, 0.2) is 24.3 Å². The number of nitrogens with one attached hydrogen (secondary N) is 1. The molecule has 2 aromatic rings. The lowest BCUT2D eigenvalue weighted by atomic mass is 10.1. The van der Waals surface area contributed by atoms with E-state index in [9.17, 15) is 0 Å². The van der Waals surface area contributed by atoms with Crippen molar-refractivity contribution >= 4 is 16.6 Å². The van der Waals surface area contributed by atoms with Crippen LogP contribution in [0.5, 0.6) is 5.75 Å². The van der Waals surface area contributed by atoms with Crippen molar-refractivity contribution in [3.05, 3.63) is 30.0 Å². The molecule has 0 radical (unpaired) electrons. The molecule has 0 aliphatic carbocycles. The molecule has 0 aliphatic heterocycles. The average molecular weight is 301 g/mol. The average Bonchev–Trinajstić information content (AvgIpc) is 2.54. The van der Waals surface area contributed by atoms with E-state index in [1.807, 2.05) is 19.1 Å². The van der Waals surface area contributed by atoms with Crippen molar-refractivity contribution in [2.75, 3.05) is 38.6 Å². The molecule has 0 saturated heterocycles. The van der Waals surface area contributed by atoms with Crippen molar-refractivity contribution < 1.29 is 4.74 Å². The molecule has 4 heteroatoms. The number of aromatic nitrogens is 1. The number of methoxy groups -OCH3 is 1. The normalized spacial score (nSPS) is 11.1. The molecule has 120 valence electrons. The van der Waals surface area contributed by atoms with Gasteiger partial charge < -0.3 is 15.0 Å². The molecule has 0 amide bonds. The maximum absolute atomic E-state index is 5.43. The number of aryl methyl sites for hydroxylation is 1. The largest absolute Gasteiger partial charge is 0.494 e. The minimum atomic E-state index is 0.826. The molecule has 1 aromatic carbocycles. The third kappa shape index (κ3) is 3.89. The van der Waals surface area contributed by atoms with E-state index >= 15 is 0 Å². The predicted molar refractivity (Wildman–Crippen MR) is 93.9 cm³/mol. The minimum absolute atomic E-state index is 0.826. The number of para-hydroxylation sites is 1. The highest BCUT2D eigenvalue weighted by molar-refractivity contribution is 5.95. The number of fused-ring (bicyclic) bond motifs is 1. The van der Waals surface area contributed by atoms with E-state index in [1.165, 1.54) is 0 Å². The Morgan fingerprint density at radius 2 is 2.00 bits per heavy atom. The topological polar surface area (TPSA) is 37.4 Å². The zero-order chi connectivity index (χ0) is 15.9. The summed E-state index contributed by atoms with van der Waals surface area (Å²) >= 11 is 0. The summed E-state index contributed by atoms with van der Waals surface area (Å²) in [6, 6.07) is 8.17. The van der Waals surface area contributed by atoms with E-state index in [4.69, 9.17) is 4.74 Å². The summed E-state index contributed by atoms with van der Waals surface area (Å²) in [5.41, 5.74) is 3.07. The maximum Gasteiger partial charge on any atom is 0.145 e. The molecule has 1 heterocycles. The molecule has 0 aliphatic rings. The van der Waals surface area contributed by atoms with Gasteiger partial charge in [0.05, 0.1) is 7.11 Å². The van der Waals surface area contributed by atoms with Gasteiger partial charge in [-0.2, -0.15) is 0 Å². The van der Waals surface area contributed by atoms with E-state index in [0.717, 1.165) is 60.6 Å². The van der Waals surface area contributed by atoms with Gasteiger partial charge in [0.1, 0.15) is 11.3 Å². The predicted octanol–water partition coefficient (Wildman–Crippen LogP) is 3.70. The van der Waals surface area contributed by atoms with Crippen LogP contribution in [-0.2, 0) is 0 Å². The highest BCUT2D eigenvalue weighted by Gasteiger charge is 2.08. The number of nitrogens with zero attached hydrogens (tertiary/aromatic N) is 2. The first kappa shape index (κ1) is 16.6. The summed E-state index contributed by atoms with van der Waals surface area (Å²) in [6.45, 7) is 10.8. The molecule has 0 fully saturated rings. The van der Waals surface area contributed by atoms with Crippen LogP contribution in [-0.4, -0.2) is 43.2 Å². The fraction of sp³-hybridized carbons (Fsp3) is 0.500. The Bertz CT molecular complexity index is 609. The monoisotopic (exact) mass is 301 g/mol. The molecule has 0 atom stereocenters. The number of hydrogen-bond donors (Lipinski definition) is 1. The van der Waals surface area contributed by atoms with Gasteiger partial charge in [-0.3, -0.25) is 0 Å². The molecule has 2 rings (SSSR count). The van der Waals surface area contributed by atoms with E-state index in [1.54, 1.807) is 7.11 Å². The van der Waals surface area contributed by atoms with E-state index in [-0.39, 0.29) is 0 Å². The second-order valence-electron chi connectivity index (χ2n) is 5.47. The van der Waals surface area contributed by atoms with Gasteiger partial charge in [0.2, 0.25) is 0 Å². The van der Waals surface area contributed by atoms with Gasteiger partial charge >= 0.3 is 0 Å². The summed E-state index contributed by atoms with van der Waals surface area (Å²) in [5, 5.41) is 4.68. The van der Waals surface area contributed by atoms with Crippen molar-refractivity contribution in [1.82, 2.24) is 9.88 Å². The number of ether oxygens (including phenoxy) is 1. The van der Waals surface area contributed by atoms with Crippen molar-refractivity contribution in [2.24, 2.45) is 0 Å². The zero-order valence-corrected chi connectivity index (χ0v) is 14.1. The Morgan fingerprint density at radius 1 is 1.23 bits per heavy atom. The van der Waals surface area contributed by atoms with Crippen LogP contribution in [0.25, 0.3) is 10.9 Å². The Morgan fingerprint density at radius 3 is 2.68 bits per heavy atom. The lowest BCUT2D eigenvalue weighted by Gasteiger charge is -2.18. The number of benzene rings is 1. The molecule has 4 nitrogen and oxygen atoms in total. The smallest absolute Gasteiger partial charge is 0.145 e. The lowest BCUT2D eigenvalue weighted by molar-refractivity contribution is 0.303. The fourth-order valence-electron chi connectivity index (χ4n) is 2.73. The lowest BCUT2D eigenvalue weighted by Crippen LogP contribution is -2.25. The van der Waals surface area contributed by atoms with Crippen molar-refractivity contribution in [1.29, 1.82) is 0 Å². The van der Waals surface area contributed by atoms with Crippen LogP contribution in [0, 0.1) is 6.92 Å². The van der Waals surface area contributed by atoms with E-state index in [0.29, 0.717) is 0 Å². The highest BCUT2D eigenvalue weighted by atomic mass is 16.5. The van der Waals surface area contributed by atoms with Crippen molar-refractivity contribution in [3.63, 3.8) is 0 Å². The second kappa shape index (κ2) is 7.99. The van der Waals surface area contributed by atoms with E-state index < -0.39 is 0 Å². The van der Waals surface area contributed by atoms with Gasteiger partial charge in [0.15, 0.2) is 0 Å². The first-order valence-corrected chi connectivity index (χ1v) is 8.10. The summed E-state index contributed by atoms with van der Waals surface area (Å²) in [7, 11) is 1.69. The Balaban J connectivity index is 2.11. The summed E-state index contributed by atoms with van der Waals surface area (Å²) in [6.07, 6.45) is 1.13. The third-order valence-corrected chi connectivity index (χ3v) is 4.01. The number of hydrogen-bond acceptors (Lipinski definition) is 4. The highest BCUT2D eigenvalue weighted by Crippen LogP contribution is 2.29. The molecule has 0 unspecified atom stereocenters. The summed E-state index contributed by atoms with van der Waals surface area (Å²) < 4.78 is 5.43. The quantitative estimate of drug-likeness (QED) is 0.755. The van der Waals surface area contributed by atoms with Gasteiger partial charge in [-0.05, 0) is 45.1 Å². The first-order chi connectivity index (χ1) is 10.7. The van der Waals surface area contributed by atoms with Crippen LogP contribution in [0.1, 0.15) is 26.0 Å². The zero-order valence-electron chi connectivity index (χ0n) is 14.1. The van der Waals surface area contributed by atoms with Gasteiger partial charge in [0.25, 0.3) is 0 Å². The van der Waals surface area contributed by atoms with Crippen molar-refractivity contribution in [2.45, 2.75) is 27.2 Å². The van der Waals surface area contributed by atoms with Gasteiger partial charge in [0, 0.05) is 23.3 Å². The Kier molecular flexibility index (Phi) is 6.01. The molecule has 0 bridgehead atoms. The SMILES string of the molecule is CCN(CC)CCCNc1cc(C)nc2c(OC)cccc12. The Hall–Kier alpha value is -1.81. The van der Waals surface area contributed by atoms with Gasteiger partial charge in [-0.25, -0.2) is 4.98 Å². The molecule has 1 N–H and O–H groups in total. The van der Waals surface area contributed by atoms with Crippen LogP contribution < -0.4 is 10.1 Å². The van der Waals surface area contributed by atoms with Gasteiger partial charge in [-0.15, -0.1) is 0 Å². The van der Waals surface area contributed by atoms with Crippen LogP contribution in [0.4, 0.5) is 5.69 Å². The minimum Gasteiger partial charge on any atom is -0.494 e. The number of pyridine rings is 1. The molecular formula is C18H27N3O. The van der Waals surface area contributed by atoms with Crippen LogP contribution >= 0.6 is 0 Å². The summed E-state index contributed by atoms with van der Waals surface area (Å²) in [5.74, 6) is 0.826. The standard InChI is InChI=1S/C18H27N3O/c1-5-21(6-2)12-8-11-19-16-13-14(3)20-18-15(16)9-7-10-17(18)22-4/h7,9-10,13H,5-6,8,11-12H2,1-4H3,(H,19,20). The third-order valence-electron chi connectivity index (χ3n) is 4.01. The van der Waals surface area contributed by atoms with Gasteiger partial charge in [-0.1, -0.05) is 26.0 Å². The molecule has 1 aromatic heterocycles. The Labute approximate surface area is 133 Å². The number of rotatable bonds is 8. The fourth-order valence-corrected chi connectivity index (χ4v) is 2.73. The molecule has 0 spiro atoms. The van der Waals surface area contributed by atoms with E-state index in [2.05, 4.69) is 41.2 Å². The second-order valence-corrected chi connectivity index (χ2v) is 5.47. The van der Waals surface area contributed by atoms with Crippen molar-refractivity contribution in [3.8, 4) is 5.75 Å². The summed E-state index contributed by atoms with van der Waals surface area (Å²) in [4.78, 5) is 7.06. The molecule has 0 saturated carbocycles. The molecule has 22 heavy (non-hydrogen) atoms. The molecular weight excluding hydrogens is 274 g/mol. The van der Waals surface area contributed by atoms with Crippen LogP contribution in [0.2, 0.25) is 0 Å². The first-order valence-electron chi connectivity index (χ1n) is 8.10. The maximum atomic E-state index is 5.43. The number of anilines is 1. The van der Waals surface area contributed by atoms with Crippen LogP contribution in [0.3, 0.4) is 0 Å².